The Bertz CT molecular complexity index is 4270. The normalized spacial score (nSPS) is 26.9. The van der Waals surface area contributed by atoms with Gasteiger partial charge in [-0.15, -0.1) is 0 Å². The number of rotatable bonds is 29. The second-order valence-electron chi connectivity index (χ2n) is 26.9. The summed E-state index contributed by atoms with van der Waals surface area (Å²) in [5.41, 5.74) is 25.0. The number of methoxy groups -OCH3 is 1. The Labute approximate surface area is 634 Å². The number of aliphatic imine (C=N–C) groups is 1. The van der Waals surface area contributed by atoms with Crippen molar-refractivity contribution in [1.29, 1.82) is 0 Å². The highest BCUT2D eigenvalue weighted by Crippen LogP contribution is 2.38. The summed E-state index contributed by atoms with van der Waals surface area (Å²) < 4.78 is 38.9. The molecule has 0 spiro atoms. The second kappa shape index (κ2) is 39.2. The Kier molecular flexibility index (Phi) is 30.3. The van der Waals surface area contributed by atoms with Gasteiger partial charge >= 0.3 is 0 Å². The minimum Gasteiger partial charge on any atom is -0.397 e. The average Bonchev–Trinajstić information content (AvgIpc) is 1.64. The van der Waals surface area contributed by atoms with Gasteiger partial charge < -0.3 is 129 Å². The number of aromatic amines is 1. The number of hydrogen-bond acceptors (Lipinski definition) is 34. The van der Waals surface area contributed by atoms with Crippen molar-refractivity contribution in [2.24, 2.45) is 22.2 Å². The largest absolute Gasteiger partial charge is 0.397 e. The van der Waals surface area contributed by atoms with Crippen molar-refractivity contribution < 1.29 is 98.0 Å². The van der Waals surface area contributed by atoms with Crippen molar-refractivity contribution in [2.75, 3.05) is 58.1 Å². The summed E-state index contributed by atoms with van der Waals surface area (Å²) in [6, 6.07) is -4.44. The van der Waals surface area contributed by atoms with Crippen LogP contribution in [0.1, 0.15) is 137 Å². The van der Waals surface area contributed by atoms with E-state index in [1.165, 1.54) is 58.5 Å². The Balaban J connectivity index is 0.000000170. The number of fused-ring (bicyclic) bond motifs is 4. The fourth-order valence-electron chi connectivity index (χ4n) is 13.3. The third-order valence-electron chi connectivity index (χ3n) is 19.0. The molecule has 0 radical (unpaired) electrons. The number of Topliss-reactive ketones (excluding diaryl/α,β-unsaturated/α-hetero) is 1. The Morgan fingerprint density at radius 2 is 1.05 bits per heavy atom. The van der Waals surface area contributed by atoms with Crippen molar-refractivity contribution >= 4 is 81.2 Å². The van der Waals surface area contributed by atoms with E-state index in [4.69, 9.17) is 51.4 Å². The lowest BCUT2D eigenvalue weighted by atomic mass is 10.1. The van der Waals surface area contributed by atoms with Crippen LogP contribution in [0.25, 0.3) is 22.3 Å². The van der Waals surface area contributed by atoms with Gasteiger partial charge in [0.25, 0.3) is 11.5 Å². The van der Waals surface area contributed by atoms with Crippen molar-refractivity contribution in [3.05, 3.63) is 77.5 Å². The first-order valence-electron chi connectivity index (χ1n) is 36.3. The van der Waals surface area contributed by atoms with E-state index in [9.17, 15) is 74.4 Å². The zero-order chi connectivity index (χ0) is 80.7. The first-order chi connectivity index (χ1) is 53.2. The lowest BCUT2D eigenvalue weighted by molar-refractivity contribution is -0.126. The molecule has 5 amide bonds. The summed E-state index contributed by atoms with van der Waals surface area (Å²) in [6.07, 6.45) is 1.91. The van der Waals surface area contributed by atoms with Crippen molar-refractivity contribution in [3.8, 4) is 0 Å². The molecule has 6 aliphatic heterocycles. The van der Waals surface area contributed by atoms with Crippen LogP contribution in [0, 0.1) is 6.92 Å². The van der Waals surface area contributed by atoms with Gasteiger partial charge in [0.2, 0.25) is 23.6 Å². The Hall–Kier alpha value is -9.30. The summed E-state index contributed by atoms with van der Waals surface area (Å²) in [7, 11) is 1.51. The summed E-state index contributed by atoms with van der Waals surface area (Å²) in [6.45, 7) is 11.6. The molecule has 6 aliphatic rings. The topological polar surface area (TPSA) is 650 Å². The van der Waals surface area contributed by atoms with E-state index in [1.54, 1.807) is 17.6 Å². The van der Waals surface area contributed by atoms with E-state index in [1.807, 2.05) is 27.7 Å². The summed E-state index contributed by atoms with van der Waals surface area (Å²) in [4.78, 5) is 117. The lowest BCUT2D eigenvalue weighted by Gasteiger charge is -2.24. The highest BCUT2D eigenvalue weighted by atomic mass is 16.7. The Morgan fingerprint density at radius 1 is 0.604 bits per heavy atom. The third kappa shape index (κ3) is 19.4. The van der Waals surface area contributed by atoms with Crippen molar-refractivity contribution in [1.82, 2.24) is 85.1 Å². The molecular weight excluding hydrogens is 1460 g/mol. The quantitative estimate of drug-likeness (QED) is 0.0154. The fraction of sp³-hybridized carbons (Fsp3) is 0.612. The van der Waals surface area contributed by atoms with E-state index in [0.717, 1.165) is 25.7 Å². The first kappa shape index (κ1) is 85.7. The smallest absolute Gasteiger partial charge is 0.279 e. The number of ether oxygens (including phenoxy) is 6. The van der Waals surface area contributed by atoms with Gasteiger partial charge in [0.1, 0.15) is 78.6 Å². The lowest BCUT2D eigenvalue weighted by Crippen LogP contribution is -2.54. The number of H-pyrrole nitrogens is 1. The molecule has 8 unspecified atom stereocenters. The van der Waals surface area contributed by atoms with E-state index >= 15 is 0 Å². The number of anilines is 2. The standard InChI is InChI=1S/C19H30N6O6.2C16H24N6O5.C16H23N5O5/c1-3-4-12(23-9-30-10-29-2)18(28)24-15-13(7-26)31-19(16(15)27)25-8-22-14-11(20)5-6-21-17(14)25;2*1-3-4-8(17)14(25)21-10-9(5-23)27-16(12(10)24)22-6-18-11-13(22)19-7(2)20-15(11)26;1-2-3-8(17)15(25)20-12-10(6-22)26-16(13(12)24)21-7-19-11-9(23)4-5-18-14(11)21/h5-6,8,12-13,15-16,19,23,26-27H,3-4,7,9-10H2,1-2H3,(H2,20,21)(H,24,28);6,8-10,12,16,23-24H,3-5,17H2,1-2H3,(H,21,25)(H,19,20,26);6,8-10,12,16,19,23-24H,2-5,17H2,1H3,(H,20,26)(H,21,25);5,7-8,10,12-13,16,22,24H,2-4,6,17H2,1H3,(H,20,25)/t12?,13-,15?,16+,19-;2*8?,9-,10?,12+,16-;8?,10-,12?,13+,16-/m1111/s1. The average molecular weight is 1560 g/mol. The van der Waals surface area contributed by atoms with Gasteiger partial charge in [-0.2, -0.15) is 0 Å². The molecule has 4 saturated heterocycles. The molecule has 24 N–H and O–H groups in total. The number of nitrogen functional groups attached to an aromatic ring is 1. The summed E-state index contributed by atoms with van der Waals surface area (Å²) >= 11 is 0. The van der Waals surface area contributed by atoms with Crippen LogP contribution in [0.3, 0.4) is 0 Å². The number of aryl methyl sites for hydroxylation is 1. The number of amides is 5. The minimum atomic E-state index is -1.20. The first-order valence-corrected chi connectivity index (χ1v) is 36.3. The molecule has 6 aromatic heterocycles. The van der Waals surface area contributed by atoms with Gasteiger partial charge in [0, 0.05) is 25.9 Å². The SMILES string of the molecule is C=C1NC(=O)c2ncn([C@@H]3O[C@H](CO)C(NC(=O)C(N)CCC)[C@@H]3O)c2N1.CCCC(N)C(=O)NC1[C@@H](CO)O[C@@H](n2cnc3c(=O)[nH]c(C)nc32)[C@H]1O.CCCC(N)C(=O)NC1[C@@H](CO)O[C@@H](n2cnc3c2N=CCC3=O)[C@H]1O.CCCC(NCOCOC)C(=O)NC1[C@@H](CO)O[C@@H](n2cnc3c(N)ccnc32)[C@H]1O. The number of aliphatic hydroxyl groups is 8. The minimum absolute atomic E-state index is 0.105. The van der Waals surface area contributed by atoms with Gasteiger partial charge in [-0.3, -0.25) is 57.1 Å². The van der Waals surface area contributed by atoms with Crippen LogP contribution in [0.15, 0.2) is 59.8 Å². The van der Waals surface area contributed by atoms with E-state index in [2.05, 4.69) is 83.7 Å². The van der Waals surface area contributed by atoms with Crippen LogP contribution in [0.4, 0.5) is 17.3 Å². The molecule has 610 valence electrons. The zero-order valence-electron chi connectivity index (χ0n) is 62.0. The summed E-state index contributed by atoms with van der Waals surface area (Å²) in [5.74, 6) is -0.967. The fourth-order valence-corrected chi connectivity index (χ4v) is 13.3. The summed E-state index contributed by atoms with van der Waals surface area (Å²) in [5, 5.41) is 101. The molecule has 12 heterocycles. The van der Waals surface area contributed by atoms with Crippen LogP contribution in [0.5, 0.6) is 0 Å². The van der Waals surface area contributed by atoms with E-state index in [-0.39, 0.29) is 72.4 Å². The molecule has 0 bridgehead atoms. The maximum Gasteiger partial charge on any atom is 0.279 e. The molecule has 44 heteroatoms. The van der Waals surface area contributed by atoms with Crippen LogP contribution in [-0.2, 0) is 47.6 Å². The van der Waals surface area contributed by atoms with Gasteiger partial charge in [0.05, 0.1) is 112 Å². The van der Waals surface area contributed by atoms with E-state index < -0.39 is 171 Å². The maximum absolute atomic E-state index is 12.9. The van der Waals surface area contributed by atoms with Crippen molar-refractivity contribution in [3.63, 3.8) is 0 Å². The number of nitrogens with zero attached hydrogens (tertiary/aromatic N) is 11. The number of aromatic nitrogens is 11. The number of ketones is 1. The molecule has 0 aromatic carbocycles. The number of hydrogen-bond donors (Lipinski definition) is 20. The molecular formula is C67H101N23O21. The van der Waals surface area contributed by atoms with E-state index in [0.29, 0.717) is 54.2 Å². The number of aliphatic hydroxyl groups excluding tert-OH is 8. The third-order valence-corrected chi connectivity index (χ3v) is 19.0. The number of imidazole rings is 4. The second-order valence-corrected chi connectivity index (χ2v) is 26.9. The monoisotopic (exact) mass is 1560 g/mol. The van der Waals surface area contributed by atoms with Gasteiger partial charge in [-0.25, -0.2) is 34.9 Å². The zero-order valence-corrected chi connectivity index (χ0v) is 62.0. The van der Waals surface area contributed by atoms with Gasteiger partial charge in [-0.05, 0) is 38.7 Å². The molecule has 20 atom stereocenters. The van der Waals surface area contributed by atoms with Gasteiger partial charge in [0.15, 0.2) is 64.7 Å². The predicted molar refractivity (Wildman–Crippen MR) is 391 cm³/mol. The maximum atomic E-state index is 12.9. The molecule has 0 aliphatic carbocycles. The number of nitrogens with two attached hydrogens (primary N) is 4. The number of nitrogens with one attached hydrogen (secondary N) is 8. The van der Waals surface area contributed by atoms with Crippen LogP contribution in [-0.4, -0.2) is 280 Å². The predicted octanol–water partition coefficient (Wildman–Crippen LogP) is -5.22. The molecule has 12 rings (SSSR count). The number of pyridine rings is 1. The van der Waals surface area contributed by atoms with Crippen LogP contribution >= 0.6 is 0 Å². The van der Waals surface area contributed by atoms with Crippen LogP contribution < -0.4 is 65.7 Å². The highest BCUT2D eigenvalue weighted by molar-refractivity contribution is 6.08. The highest BCUT2D eigenvalue weighted by Gasteiger charge is 2.51. The molecule has 44 nitrogen and oxygen atoms in total. The molecule has 111 heavy (non-hydrogen) atoms. The molecule has 0 saturated carbocycles. The number of carbonyl (C=O) groups excluding carboxylic acids is 6. The van der Waals surface area contributed by atoms with Crippen molar-refractivity contribution in [2.45, 2.75) is 214 Å². The number of carbonyl (C=O) groups is 6. The van der Waals surface area contributed by atoms with Crippen LogP contribution in [0.2, 0.25) is 0 Å². The van der Waals surface area contributed by atoms with Gasteiger partial charge in [-0.1, -0.05) is 60.0 Å². The molecule has 6 aromatic rings. The molecule has 4 fully saturated rings. The Morgan fingerprint density at radius 3 is 1.53 bits per heavy atom.